The first-order valence-electron chi connectivity index (χ1n) is 8.88. The van der Waals surface area contributed by atoms with Crippen LogP contribution in [0.2, 0.25) is 0 Å². The molecule has 2 fully saturated rings. The second-order valence-electron chi connectivity index (χ2n) is 7.02. The quantitative estimate of drug-likeness (QED) is 0.867. The Morgan fingerprint density at radius 3 is 2.09 bits per heavy atom. The lowest BCUT2D eigenvalue weighted by Crippen LogP contribution is -2.54. The summed E-state index contributed by atoms with van der Waals surface area (Å²) in [5.41, 5.74) is 5.68. The Morgan fingerprint density at radius 1 is 1.05 bits per heavy atom. The summed E-state index contributed by atoms with van der Waals surface area (Å²) in [5, 5.41) is 0. The molecule has 1 aliphatic heterocycles. The van der Waals surface area contributed by atoms with Gasteiger partial charge >= 0.3 is 6.03 Å². The fraction of sp³-hybridized carbons (Fsp3) is 0.882. The molecule has 0 aromatic heterocycles. The summed E-state index contributed by atoms with van der Waals surface area (Å²) in [6, 6.07) is 0.232. The predicted molar refractivity (Wildman–Crippen MR) is 87.4 cm³/mol. The van der Waals surface area contributed by atoms with Gasteiger partial charge in [0.25, 0.3) is 0 Å². The third-order valence-corrected chi connectivity index (χ3v) is 5.31. The second kappa shape index (κ2) is 7.84. The number of primary amides is 1. The molecule has 22 heavy (non-hydrogen) atoms. The van der Waals surface area contributed by atoms with Crippen molar-refractivity contribution in [2.24, 2.45) is 11.7 Å². The van der Waals surface area contributed by atoms with Crippen molar-refractivity contribution in [3.8, 4) is 0 Å². The maximum absolute atomic E-state index is 12.0. The van der Waals surface area contributed by atoms with Crippen LogP contribution in [0.25, 0.3) is 0 Å². The molecule has 0 aromatic carbocycles. The first-order chi connectivity index (χ1) is 10.5. The van der Waals surface area contributed by atoms with E-state index < -0.39 is 0 Å². The Hall–Kier alpha value is -1.26. The van der Waals surface area contributed by atoms with Crippen molar-refractivity contribution in [3.63, 3.8) is 0 Å². The van der Waals surface area contributed by atoms with Crippen LogP contribution in [0.1, 0.15) is 65.2 Å². The van der Waals surface area contributed by atoms with E-state index in [0.717, 1.165) is 51.1 Å². The van der Waals surface area contributed by atoms with Crippen LogP contribution in [-0.2, 0) is 4.79 Å². The zero-order chi connectivity index (χ0) is 16.1. The molecule has 0 atom stereocenters. The lowest BCUT2D eigenvalue weighted by atomic mass is 9.85. The number of piperidine rings is 1. The summed E-state index contributed by atoms with van der Waals surface area (Å²) in [5.74, 6) is 1.01. The van der Waals surface area contributed by atoms with Gasteiger partial charge in [-0.15, -0.1) is 0 Å². The lowest BCUT2D eigenvalue weighted by Gasteiger charge is -2.43. The maximum atomic E-state index is 12.0. The van der Waals surface area contributed by atoms with Gasteiger partial charge in [-0.25, -0.2) is 4.79 Å². The molecule has 0 bridgehead atoms. The Balaban J connectivity index is 1.91. The fourth-order valence-corrected chi connectivity index (χ4v) is 3.94. The number of carbonyl (C=O) groups excluding carboxylic acids is 2. The largest absolute Gasteiger partial charge is 0.351 e. The molecular formula is C17H31N3O2. The molecule has 2 rings (SSSR count). The number of amides is 3. The van der Waals surface area contributed by atoms with Crippen LogP contribution in [0.3, 0.4) is 0 Å². The molecule has 2 aliphatic rings. The number of hydrogen-bond donors (Lipinski definition) is 1. The molecule has 0 spiro atoms. The number of hydrogen-bond acceptors (Lipinski definition) is 2. The van der Waals surface area contributed by atoms with Crippen molar-refractivity contribution in [3.05, 3.63) is 0 Å². The van der Waals surface area contributed by atoms with Crippen LogP contribution in [-0.4, -0.2) is 46.9 Å². The molecule has 0 aromatic rings. The van der Waals surface area contributed by atoms with E-state index in [-0.39, 0.29) is 18.0 Å². The topological polar surface area (TPSA) is 66.6 Å². The normalized spacial score (nSPS) is 26.7. The summed E-state index contributed by atoms with van der Waals surface area (Å²) < 4.78 is 0. The van der Waals surface area contributed by atoms with E-state index in [1.165, 1.54) is 12.8 Å². The molecule has 1 saturated carbocycles. The fourth-order valence-electron chi connectivity index (χ4n) is 3.94. The van der Waals surface area contributed by atoms with Crippen LogP contribution >= 0.6 is 0 Å². The van der Waals surface area contributed by atoms with Crippen molar-refractivity contribution in [2.45, 2.75) is 77.3 Å². The Bertz CT molecular complexity index is 383. The summed E-state index contributed by atoms with van der Waals surface area (Å²) in [6.07, 6.45) is 7.76. The number of nitrogens with two attached hydrogens (primary N) is 1. The van der Waals surface area contributed by atoms with Crippen molar-refractivity contribution in [2.75, 3.05) is 13.1 Å². The minimum absolute atomic E-state index is 0.210. The third-order valence-electron chi connectivity index (χ3n) is 5.31. The van der Waals surface area contributed by atoms with Gasteiger partial charge in [-0.1, -0.05) is 13.8 Å². The molecular weight excluding hydrogens is 278 g/mol. The van der Waals surface area contributed by atoms with Crippen LogP contribution in [0.5, 0.6) is 0 Å². The minimum atomic E-state index is -0.280. The highest BCUT2D eigenvalue weighted by Crippen LogP contribution is 2.30. The van der Waals surface area contributed by atoms with Crippen molar-refractivity contribution >= 4 is 11.9 Å². The first-order valence-corrected chi connectivity index (χ1v) is 8.88. The van der Waals surface area contributed by atoms with Gasteiger partial charge in [0.1, 0.15) is 0 Å². The first kappa shape index (κ1) is 17.1. The SMILES string of the molecule is CCCC(=O)N1CCC(N(C(N)=O)C2CCC(C)CC2)CC1. The summed E-state index contributed by atoms with van der Waals surface area (Å²) in [6.45, 7) is 5.83. The highest BCUT2D eigenvalue weighted by molar-refractivity contribution is 5.76. The predicted octanol–water partition coefficient (Wildman–Crippen LogP) is 2.74. The molecule has 5 heteroatoms. The highest BCUT2D eigenvalue weighted by Gasteiger charge is 2.34. The van der Waals surface area contributed by atoms with Crippen molar-refractivity contribution in [1.82, 2.24) is 9.80 Å². The smallest absolute Gasteiger partial charge is 0.315 e. The van der Waals surface area contributed by atoms with Gasteiger partial charge in [0.05, 0.1) is 0 Å². The average molecular weight is 309 g/mol. The Morgan fingerprint density at radius 2 is 1.59 bits per heavy atom. The summed E-state index contributed by atoms with van der Waals surface area (Å²) in [4.78, 5) is 27.8. The molecule has 3 amide bonds. The molecule has 126 valence electrons. The van der Waals surface area contributed by atoms with E-state index in [0.29, 0.717) is 12.5 Å². The minimum Gasteiger partial charge on any atom is -0.351 e. The molecule has 1 aliphatic carbocycles. The van der Waals surface area contributed by atoms with Crippen molar-refractivity contribution in [1.29, 1.82) is 0 Å². The van der Waals surface area contributed by atoms with Crippen molar-refractivity contribution < 1.29 is 9.59 Å². The second-order valence-corrected chi connectivity index (χ2v) is 7.02. The van der Waals surface area contributed by atoms with Gasteiger partial charge in [0.15, 0.2) is 0 Å². The van der Waals surface area contributed by atoms with Gasteiger partial charge in [-0.3, -0.25) is 4.79 Å². The van der Waals surface area contributed by atoms with Gasteiger partial charge in [-0.2, -0.15) is 0 Å². The van der Waals surface area contributed by atoms with Crippen LogP contribution in [0.15, 0.2) is 0 Å². The third kappa shape index (κ3) is 4.14. The van der Waals surface area contributed by atoms with Gasteiger partial charge in [-0.05, 0) is 50.9 Å². The van der Waals surface area contributed by atoms with E-state index in [1.807, 2.05) is 16.7 Å². The van der Waals surface area contributed by atoms with Gasteiger partial charge in [0, 0.05) is 31.6 Å². The number of urea groups is 1. The summed E-state index contributed by atoms with van der Waals surface area (Å²) in [7, 11) is 0. The average Bonchev–Trinajstić information content (AvgIpc) is 2.50. The lowest BCUT2D eigenvalue weighted by molar-refractivity contribution is -0.132. The number of rotatable bonds is 4. The Labute approximate surface area is 134 Å². The standard InChI is InChI=1S/C17H31N3O2/c1-3-4-16(21)19-11-9-15(10-12-19)20(17(18)22)14-7-5-13(2)6-8-14/h13-15H,3-12H2,1-2H3,(H2,18,22). The molecule has 0 radical (unpaired) electrons. The zero-order valence-electron chi connectivity index (χ0n) is 14.1. The number of carbonyl (C=O) groups is 2. The maximum Gasteiger partial charge on any atom is 0.315 e. The van der Waals surface area contributed by atoms with Crippen LogP contribution < -0.4 is 5.73 Å². The Kier molecular flexibility index (Phi) is 6.09. The monoisotopic (exact) mass is 309 g/mol. The van der Waals surface area contributed by atoms with E-state index in [2.05, 4.69) is 6.92 Å². The van der Waals surface area contributed by atoms with Crippen LogP contribution in [0.4, 0.5) is 4.79 Å². The molecule has 2 N–H and O–H groups in total. The van der Waals surface area contributed by atoms with E-state index in [1.54, 1.807) is 0 Å². The van der Waals surface area contributed by atoms with Gasteiger partial charge < -0.3 is 15.5 Å². The molecule has 5 nitrogen and oxygen atoms in total. The zero-order valence-corrected chi connectivity index (χ0v) is 14.1. The molecule has 1 heterocycles. The van der Waals surface area contributed by atoms with E-state index >= 15 is 0 Å². The molecule has 1 saturated heterocycles. The highest BCUT2D eigenvalue weighted by atomic mass is 16.2. The van der Waals surface area contributed by atoms with E-state index in [9.17, 15) is 9.59 Å². The number of likely N-dealkylation sites (tertiary alicyclic amines) is 1. The number of nitrogens with zero attached hydrogens (tertiary/aromatic N) is 2. The van der Waals surface area contributed by atoms with E-state index in [4.69, 9.17) is 5.73 Å². The molecule has 0 unspecified atom stereocenters. The van der Waals surface area contributed by atoms with Gasteiger partial charge in [0.2, 0.25) is 5.91 Å². The van der Waals surface area contributed by atoms with Crippen LogP contribution in [0, 0.1) is 5.92 Å². The summed E-state index contributed by atoms with van der Waals surface area (Å²) >= 11 is 0.